The number of hydrogen-bond donors (Lipinski definition) is 1. The fraction of sp³-hybridized carbons (Fsp3) is 0.556. The van der Waals surface area contributed by atoms with Gasteiger partial charge in [0.1, 0.15) is 5.69 Å². The van der Waals surface area contributed by atoms with E-state index in [0.29, 0.717) is 24.1 Å². The van der Waals surface area contributed by atoms with Crippen molar-refractivity contribution in [3.63, 3.8) is 0 Å². The molecule has 0 radical (unpaired) electrons. The molecule has 0 spiro atoms. The van der Waals surface area contributed by atoms with Gasteiger partial charge in [0.2, 0.25) is 5.91 Å². The lowest BCUT2D eigenvalue weighted by Gasteiger charge is -2.10. The van der Waals surface area contributed by atoms with Gasteiger partial charge in [-0.05, 0) is 32.8 Å². The van der Waals surface area contributed by atoms with Crippen molar-refractivity contribution >= 4 is 29.0 Å². The van der Waals surface area contributed by atoms with E-state index in [1.54, 1.807) is 29.2 Å². The molecule has 140 valence electrons. The molecule has 6 nitrogen and oxygen atoms in total. The summed E-state index contributed by atoms with van der Waals surface area (Å²) < 4.78 is 1.41. The Morgan fingerprint density at radius 1 is 1.35 bits per heavy atom. The number of nitrogens with zero attached hydrogens (tertiary/aromatic N) is 3. The molecular weight excluding hydrogens is 368 g/mol. The summed E-state index contributed by atoms with van der Waals surface area (Å²) in [5, 5.41) is 8.94. The van der Waals surface area contributed by atoms with Gasteiger partial charge >= 0.3 is 0 Å². The molecule has 1 N–H and O–H groups in total. The minimum absolute atomic E-state index is 0.0278. The minimum Gasteiger partial charge on any atom is -0.354 e. The van der Waals surface area contributed by atoms with E-state index in [4.69, 9.17) is 0 Å². The van der Waals surface area contributed by atoms with Gasteiger partial charge in [0, 0.05) is 17.9 Å². The lowest BCUT2D eigenvalue weighted by molar-refractivity contribution is -0.118. The maximum absolute atomic E-state index is 12.0. The van der Waals surface area contributed by atoms with Crippen molar-refractivity contribution in [3.05, 3.63) is 33.2 Å². The van der Waals surface area contributed by atoms with Gasteiger partial charge in [-0.15, -0.1) is 23.1 Å². The molecular formula is C18H24N4O2S2. The molecule has 0 unspecified atom stereocenters. The number of carbonyl (C=O) groups is 1. The predicted octanol–water partition coefficient (Wildman–Crippen LogP) is 2.78. The van der Waals surface area contributed by atoms with Crippen LogP contribution in [0.15, 0.2) is 16.9 Å². The van der Waals surface area contributed by atoms with Gasteiger partial charge in [0.15, 0.2) is 0 Å². The topological polar surface area (TPSA) is 76.9 Å². The molecule has 1 saturated carbocycles. The Hall–Kier alpha value is -1.67. The molecule has 2 aromatic heterocycles. The smallest absolute Gasteiger partial charge is 0.266 e. The van der Waals surface area contributed by atoms with Gasteiger partial charge < -0.3 is 5.32 Å². The van der Waals surface area contributed by atoms with Gasteiger partial charge in [-0.2, -0.15) is 5.10 Å². The lowest BCUT2D eigenvalue weighted by atomic mass is 10.3. The number of thioether (sulfide) groups is 1. The number of thiazole rings is 1. The van der Waals surface area contributed by atoms with E-state index in [-0.39, 0.29) is 11.5 Å². The van der Waals surface area contributed by atoms with Crippen LogP contribution in [0.3, 0.4) is 0 Å². The van der Waals surface area contributed by atoms with Crippen LogP contribution in [0.2, 0.25) is 0 Å². The zero-order chi connectivity index (χ0) is 18.5. The maximum Gasteiger partial charge on any atom is 0.266 e. The summed E-state index contributed by atoms with van der Waals surface area (Å²) >= 11 is 3.31. The number of carbonyl (C=O) groups excluding carboxylic acids is 1. The highest BCUT2D eigenvalue weighted by molar-refractivity contribution is 8.00. The molecule has 1 fully saturated rings. The molecule has 0 aromatic carbocycles. The van der Waals surface area contributed by atoms with Crippen LogP contribution in [0.1, 0.15) is 36.4 Å². The van der Waals surface area contributed by atoms with Crippen molar-refractivity contribution in [2.45, 2.75) is 51.3 Å². The summed E-state index contributed by atoms with van der Waals surface area (Å²) in [5.74, 6) is 0.520. The summed E-state index contributed by atoms with van der Waals surface area (Å²) in [4.78, 5) is 29.4. The quantitative estimate of drug-likeness (QED) is 0.784. The van der Waals surface area contributed by atoms with Crippen LogP contribution in [0.4, 0.5) is 0 Å². The van der Waals surface area contributed by atoms with Gasteiger partial charge in [-0.25, -0.2) is 9.67 Å². The first-order chi connectivity index (χ1) is 12.5. The van der Waals surface area contributed by atoms with Crippen LogP contribution in [0.25, 0.3) is 10.6 Å². The summed E-state index contributed by atoms with van der Waals surface area (Å²) in [5.41, 5.74) is 1.50. The van der Waals surface area contributed by atoms with E-state index < -0.39 is 0 Å². The predicted molar refractivity (Wildman–Crippen MR) is 107 cm³/mol. The number of aryl methyl sites for hydroxylation is 2. The van der Waals surface area contributed by atoms with Crippen molar-refractivity contribution in [2.24, 2.45) is 0 Å². The van der Waals surface area contributed by atoms with E-state index in [1.807, 2.05) is 13.8 Å². The molecule has 1 aliphatic carbocycles. The van der Waals surface area contributed by atoms with Gasteiger partial charge in [-0.3, -0.25) is 9.59 Å². The molecule has 26 heavy (non-hydrogen) atoms. The maximum atomic E-state index is 12.0. The summed E-state index contributed by atoms with van der Waals surface area (Å²) in [6.07, 6.45) is 5.01. The van der Waals surface area contributed by atoms with Crippen LogP contribution in [0, 0.1) is 13.8 Å². The highest BCUT2D eigenvalue weighted by Gasteiger charge is 2.16. The average molecular weight is 393 g/mol. The molecule has 2 aromatic rings. The molecule has 1 aliphatic rings. The third-order valence-electron chi connectivity index (χ3n) is 4.40. The second-order valence-corrected chi connectivity index (χ2v) is 8.99. The van der Waals surface area contributed by atoms with Crippen molar-refractivity contribution in [3.8, 4) is 10.6 Å². The van der Waals surface area contributed by atoms with Crippen LogP contribution in [-0.4, -0.2) is 38.2 Å². The number of amides is 1. The van der Waals surface area contributed by atoms with Gasteiger partial charge in [0.05, 0.1) is 27.9 Å². The van der Waals surface area contributed by atoms with Gasteiger partial charge in [0.25, 0.3) is 5.56 Å². The Morgan fingerprint density at radius 2 is 2.12 bits per heavy atom. The summed E-state index contributed by atoms with van der Waals surface area (Å²) in [6.45, 7) is 4.67. The van der Waals surface area contributed by atoms with Crippen molar-refractivity contribution in [1.82, 2.24) is 20.1 Å². The van der Waals surface area contributed by atoms with E-state index >= 15 is 0 Å². The normalized spacial score (nSPS) is 14.7. The Balaban J connectivity index is 1.54. The molecule has 1 amide bonds. The van der Waals surface area contributed by atoms with Crippen molar-refractivity contribution in [1.29, 1.82) is 0 Å². The molecule has 3 rings (SSSR count). The Morgan fingerprint density at radius 3 is 2.81 bits per heavy atom. The number of rotatable bonds is 7. The first-order valence-corrected chi connectivity index (χ1v) is 10.8. The highest BCUT2D eigenvalue weighted by atomic mass is 32.2. The zero-order valence-electron chi connectivity index (χ0n) is 15.2. The number of aromatic nitrogens is 3. The molecule has 2 heterocycles. The largest absolute Gasteiger partial charge is 0.354 e. The summed E-state index contributed by atoms with van der Waals surface area (Å²) in [7, 11) is 0. The third-order valence-corrected chi connectivity index (χ3v) is 6.87. The monoisotopic (exact) mass is 392 g/mol. The Bertz CT molecular complexity index is 825. The Labute approximate surface area is 161 Å². The van der Waals surface area contributed by atoms with Crippen molar-refractivity contribution < 1.29 is 4.79 Å². The first kappa shape index (κ1) is 19.1. The number of nitrogens with one attached hydrogen (secondary N) is 1. The van der Waals surface area contributed by atoms with Gasteiger partial charge in [-0.1, -0.05) is 12.8 Å². The molecule has 8 heteroatoms. The second kappa shape index (κ2) is 8.81. The van der Waals surface area contributed by atoms with E-state index in [9.17, 15) is 9.59 Å². The third kappa shape index (κ3) is 4.94. The van der Waals surface area contributed by atoms with Crippen LogP contribution in [0.5, 0.6) is 0 Å². The molecule has 0 saturated heterocycles. The fourth-order valence-corrected chi connectivity index (χ4v) is 5.14. The zero-order valence-corrected chi connectivity index (χ0v) is 16.8. The Kier molecular flexibility index (Phi) is 6.48. The van der Waals surface area contributed by atoms with E-state index in [2.05, 4.69) is 15.4 Å². The molecule has 0 bridgehead atoms. The highest BCUT2D eigenvalue weighted by Crippen LogP contribution is 2.29. The van der Waals surface area contributed by atoms with Crippen LogP contribution >= 0.6 is 23.1 Å². The summed E-state index contributed by atoms with van der Waals surface area (Å²) in [6, 6.07) is 3.25. The van der Waals surface area contributed by atoms with Crippen LogP contribution < -0.4 is 10.9 Å². The fourth-order valence-electron chi connectivity index (χ4n) is 3.10. The standard InChI is InChI=1S/C18H24N4O2S2/c1-12-18(26-13(2)20-12)15-7-8-17(24)22(21-15)10-9-19-16(23)11-25-14-5-3-4-6-14/h7-8,14H,3-6,9-11H2,1-2H3,(H,19,23). The first-order valence-electron chi connectivity index (χ1n) is 8.94. The number of hydrogen-bond acceptors (Lipinski definition) is 6. The molecule has 0 atom stereocenters. The van der Waals surface area contributed by atoms with E-state index in [0.717, 1.165) is 21.3 Å². The van der Waals surface area contributed by atoms with E-state index in [1.165, 1.54) is 36.4 Å². The SMILES string of the molecule is Cc1nc(C)c(-c2ccc(=O)n(CCNC(=O)CSC3CCCC3)n2)s1. The second-order valence-electron chi connectivity index (χ2n) is 6.49. The van der Waals surface area contributed by atoms with Crippen molar-refractivity contribution in [2.75, 3.05) is 12.3 Å². The molecule has 0 aliphatic heterocycles. The average Bonchev–Trinajstić information content (AvgIpc) is 3.24. The minimum atomic E-state index is -0.165. The van der Waals surface area contributed by atoms with Crippen LogP contribution in [-0.2, 0) is 11.3 Å². The lowest BCUT2D eigenvalue weighted by Crippen LogP contribution is -2.33.